The van der Waals surface area contributed by atoms with Crippen molar-refractivity contribution in [1.29, 1.82) is 0 Å². The number of hydrogen-bond donors (Lipinski definition) is 1. The van der Waals surface area contributed by atoms with Crippen molar-refractivity contribution in [3.05, 3.63) is 53.1 Å². The third-order valence-corrected chi connectivity index (χ3v) is 4.65. The maximum atomic E-state index is 12.6. The van der Waals surface area contributed by atoms with E-state index < -0.39 is 6.61 Å². The number of rotatable bonds is 7. The van der Waals surface area contributed by atoms with Gasteiger partial charge in [0.25, 0.3) is 0 Å². The highest BCUT2D eigenvalue weighted by atomic mass is 19.3. The second-order valence-electron chi connectivity index (χ2n) is 6.23. The van der Waals surface area contributed by atoms with E-state index >= 15 is 0 Å². The Morgan fingerprint density at radius 3 is 2.46 bits per heavy atom. The van der Waals surface area contributed by atoms with Gasteiger partial charge in [0, 0.05) is 12.6 Å². The molecule has 0 amide bonds. The Morgan fingerprint density at radius 2 is 1.81 bits per heavy atom. The molecule has 1 unspecified atom stereocenters. The largest absolute Gasteiger partial charge is 0.493 e. The van der Waals surface area contributed by atoms with Gasteiger partial charge in [0.1, 0.15) is 0 Å². The molecule has 1 aliphatic rings. The monoisotopic (exact) mass is 363 g/mol. The number of aryl methyl sites for hydroxylation is 1. The Hall–Kier alpha value is -2.34. The fraction of sp³-hybridized carbons (Fsp3) is 0.400. The minimum atomic E-state index is -2.94. The molecular weight excluding hydrogens is 340 g/mol. The lowest BCUT2D eigenvalue weighted by Gasteiger charge is -2.26. The van der Waals surface area contributed by atoms with Crippen molar-refractivity contribution in [2.24, 2.45) is 0 Å². The van der Waals surface area contributed by atoms with E-state index in [-0.39, 0.29) is 23.3 Å². The van der Waals surface area contributed by atoms with Crippen LogP contribution in [0.1, 0.15) is 35.6 Å². The molecule has 1 atom stereocenters. The van der Waals surface area contributed by atoms with Crippen molar-refractivity contribution >= 4 is 0 Å². The quantitative estimate of drug-likeness (QED) is 0.788. The van der Waals surface area contributed by atoms with Gasteiger partial charge in [0.15, 0.2) is 11.5 Å². The molecule has 0 aromatic heterocycles. The average Bonchev–Trinajstić information content (AvgIpc) is 2.66. The van der Waals surface area contributed by atoms with Gasteiger partial charge < -0.3 is 19.5 Å². The summed E-state index contributed by atoms with van der Waals surface area (Å²) in [6, 6.07) is 12.1. The predicted octanol–water partition coefficient (Wildman–Crippen LogP) is 4.47. The molecule has 6 heteroatoms. The first kappa shape index (κ1) is 18.5. The molecule has 2 aromatic carbocycles. The van der Waals surface area contributed by atoms with E-state index in [0.717, 1.165) is 24.8 Å². The molecule has 0 saturated heterocycles. The number of hydrogen-bond acceptors (Lipinski definition) is 4. The summed E-state index contributed by atoms with van der Waals surface area (Å²) in [4.78, 5) is 0. The van der Waals surface area contributed by atoms with Gasteiger partial charge in [-0.2, -0.15) is 8.78 Å². The van der Waals surface area contributed by atoms with Gasteiger partial charge in [0.2, 0.25) is 5.75 Å². The van der Waals surface area contributed by atoms with Crippen molar-refractivity contribution in [2.75, 3.05) is 14.2 Å². The van der Waals surface area contributed by atoms with Crippen molar-refractivity contribution in [3.63, 3.8) is 0 Å². The van der Waals surface area contributed by atoms with E-state index in [0.29, 0.717) is 6.54 Å². The van der Waals surface area contributed by atoms with E-state index in [1.54, 1.807) is 12.1 Å². The van der Waals surface area contributed by atoms with Gasteiger partial charge in [-0.1, -0.05) is 24.3 Å². The SMILES string of the molecule is COc1cc(CNC2CCCc3ccccc32)cc(OC)c1OC(F)F. The number of halogens is 2. The van der Waals surface area contributed by atoms with Gasteiger partial charge >= 0.3 is 6.61 Å². The molecule has 2 aromatic rings. The van der Waals surface area contributed by atoms with Gasteiger partial charge in [0.05, 0.1) is 14.2 Å². The molecule has 0 radical (unpaired) electrons. The first-order valence-electron chi connectivity index (χ1n) is 8.63. The molecule has 4 nitrogen and oxygen atoms in total. The number of fused-ring (bicyclic) bond motifs is 1. The van der Waals surface area contributed by atoms with Crippen molar-refractivity contribution in [2.45, 2.75) is 38.5 Å². The lowest BCUT2D eigenvalue weighted by molar-refractivity contribution is -0.0526. The first-order chi connectivity index (χ1) is 12.6. The molecule has 0 heterocycles. The van der Waals surface area contributed by atoms with Crippen LogP contribution in [0.15, 0.2) is 36.4 Å². The van der Waals surface area contributed by atoms with Crippen LogP contribution < -0.4 is 19.5 Å². The van der Waals surface area contributed by atoms with E-state index in [9.17, 15) is 8.78 Å². The summed E-state index contributed by atoms with van der Waals surface area (Å²) in [5.41, 5.74) is 3.59. The summed E-state index contributed by atoms with van der Waals surface area (Å²) in [6.07, 6.45) is 3.32. The van der Waals surface area contributed by atoms with Crippen LogP contribution >= 0.6 is 0 Å². The summed E-state index contributed by atoms with van der Waals surface area (Å²) in [5.74, 6) is 0.368. The average molecular weight is 363 g/mol. The van der Waals surface area contributed by atoms with E-state index in [1.807, 2.05) is 0 Å². The molecule has 0 spiro atoms. The summed E-state index contributed by atoms with van der Waals surface area (Å²) >= 11 is 0. The Kier molecular flexibility index (Phi) is 5.93. The van der Waals surface area contributed by atoms with E-state index in [4.69, 9.17) is 9.47 Å². The van der Waals surface area contributed by atoms with Crippen molar-refractivity contribution in [1.82, 2.24) is 5.32 Å². The predicted molar refractivity (Wildman–Crippen MR) is 95.1 cm³/mol. The highest BCUT2D eigenvalue weighted by Gasteiger charge is 2.21. The third kappa shape index (κ3) is 4.07. The third-order valence-electron chi connectivity index (χ3n) is 4.65. The van der Waals surface area contributed by atoms with E-state index in [1.165, 1.54) is 25.3 Å². The van der Waals surface area contributed by atoms with Gasteiger partial charge in [-0.25, -0.2) is 0 Å². The fourth-order valence-electron chi connectivity index (χ4n) is 3.45. The van der Waals surface area contributed by atoms with Crippen LogP contribution in [0.4, 0.5) is 8.78 Å². The zero-order valence-corrected chi connectivity index (χ0v) is 14.9. The normalized spacial score (nSPS) is 16.3. The second-order valence-corrected chi connectivity index (χ2v) is 6.23. The molecule has 26 heavy (non-hydrogen) atoms. The van der Waals surface area contributed by atoms with Crippen LogP contribution in [0.2, 0.25) is 0 Å². The molecule has 0 aliphatic heterocycles. The van der Waals surface area contributed by atoms with Gasteiger partial charge in [-0.3, -0.25) is 0 Å². The second kappa shape index (κ2) is 8.36. The molecule has 3 rings (SSSR count). The standard InChI is InChI=1S/C20H23F2NO3/c1-24-17-10-13(11-18(25-2)19(17)26-20(21)22)12-23-16-9-5-7-14-6-3-4-8-15(14)16/h3-4,6,8,10-11,16,20,23H,5,7,9,12H2,1-2H3. The number of benzene rings is 2. The molecular formula is C20H23F2NO3. The van der Waals surface area contributed by atoms with E-state index in [2.05, 4.69) is 34.3 Å². The molecule has 1 N–H and O–H groups in total. The fourth-order valence-corrected chi connectivity index (χ4v) is 3.45. The van der Waals surface area contributed by atoms with Gasteiger partial charge in [-0.15, -0.1) is 0 Å². The smallest absolute Gasteiger partial charge is 0.387 e. The topological polar surface area (TPSA) is 39.7 Å². The van der Waals surface area contributed by atoms with Crippen molar-refractivity contribution < 1.29 is 23.0 Å². The van der Waals surface area contributed by atoms with Crippen LogP contribution in [0.5, 0.6) is 17.2 Å². The Morgan fingerprint density at radius 1 is 1.12 bits per heavy atom. The molecule has 0 fully saturated rings. The first-order valence-corrected chi connectivity index (χ1v) is 8.63. The number of nitrogens with one attached hydrogen (secondary N) is 1. The highest BCUT2D eigenvalue weighted by Crippen LogP contribution is 2.40. The number of methoxy groups -OCH3 is 2. The molecule has 0 bridgehead atoms. The Balaban J connectivity index is 1.78. The zero-order valence-electron chi connectivity index (χ0n) is 14.9. The van der Waals surface area contributed by atoms with Crippen LogP contribution in [-0.4, -0.2) is 20.8 Å². The highest BCUT2D eigenvalue weighted by molar-refractivity contribution is 5.54. The summed E-state index contributed by atoms with van der Waals surface area (Å²) in [6.45, 7) is -2.37. The Labute approximate surface area is 152 Å². The van der Waals surface area contributed by atoms with Crippen LogP contribution in [0.25, 0.3) is 0 Å². The summed E-state index contributed by atoms with van der Waals surface area (Å²) < 4.78 is 40.3. The summed E-state index contributed by atoms with van der Waals surface area (Å²) in [5, 5.41) is 3.56. The minimum Gasteiger partial charge on any atom is -0.493 e. The lowest BCUT2D eigenvalue weighted by Crippen LogP contribution is -2.24. The number of alkyl halides is 2. The van der Waals surface area contributed by atoms with Crippen LogP contribution in [0.3, 0.4) is 0 Å². The van der Waals surface area contributed by atoms with Crippen molar-refractivity contribution in [3.8, 4) is 17.2 Å². The number of ether oxygens (including phenoxy) is 3. The van der Waals surface area contributed by atoms with Gasteiger partial charge in [-0.05, 0) is 48.1 Å². The zero-order chi connectivity index (χ0) is 18.5. The Bertz CT molecular complexity index is 727. The molecule has 0 saturated carbocycles. The van der Waals surface area contributed by atoms with Crippen LogP contribution in [-0.2, 0) is 13.0 Å². The lowest BCUT2D eigenvalue weighted by atomic mass is 9.87. The minimum absolute atomic E-state index is 0.0863. The maximum Gasteiger partial charge on any atom is 0.387 e. The summed E-state index contributed by atoms with van der Waals surface area (Å²) in [7, 11) is 2.84. The molecule has 1 aliphatic carbocycles. The van der Waals surface area contributed by atoms with Crippen LogP contribution in [0, 0.1) is 0 Å². The molecule has 140 valence electrons. The maximum absolute atomic E-state index is 12.6.